The molecule has 0 spiro atoms. The molecular formula is C31H38. The van der Waals surface area contributed by atoms with Crippen molar-refractivity contribution in [3.05, 3.63) is 11.6 Å². The summed E-state index contributed by atoms with van der Waals surface area (Å²) in [6.07, 6.45) is 16.4. The molecule has 0 amide bonds. The SMILES string of the molecule is C1=C2CC3CC4CC5CC[C@@H]6CC7CC8CC1C1C2C2C3C4C3C4C2C1C8C7C4C6C53. The van der Waals surface area contributed by atoms with E-state index in [1.165, 1.54) is 107 Å². The Balaban J connectivity index is 1.21. The lowest BCUT2D eigenvalue weighted by atomic mass is 9.43. The van der Waals surface area contributed by atoms with E-state index in [4.69, 9.17) is 0 Å². The van der Waals surface area contributed by atoms with Crippen molar-refractivity contribution in [1.29, 1.82) is 0 Å². The molecule has 0 heteroatoms. The largest absolute Gasteiger partial charge is 0.0816 e. The standard InChI is InChI=1S/C31H38/c1-2-11-4-13-6-15-8-17-9-16-7-14-5-12-3-10(1)18-19(11)27-21(13)23(15)29-25(17)24(16)28-22(14)20(12)26(18)30(27)31(28)29/h9-16,18-31H,1-8H2/t10-,11?,12?,13?,14?,15?,16?,18?,19?,20?,21?,22?,23?,24?,25?,26?,27?,28?,29?,30?,31?/m1/s1. The fraction of sp³-hybridized carbons (Fsp3) is 0.935. The third-order valence-corrected chi connectivity index (χ3v) is 16.5. The Morgan fingerprint density at radius 1 is 0.419 bits per heavy atom. The molecule has 21 atom stereocenters. The van der Waals surface area contributed by atoms with Crippen molar-refractivity contribution in [3.63, 3.8) is 0 Å². The Morgan fingerprint density at radius 3 is 1.65 bits per heavy atom. The summed E-state index contributed by atoms with van der Waals surface area (Å²) in [7, 11) is 0. The molecule has 0 N–H and O–H groups in total. The van der Waals surface area contributed by atoms with Gasteiger partial charge in [0.15, 0.2) is 0 Å². The quantitative estimate of drug-likeness (QED) is 0.421. The minimum Gasteiger partial charge on any atom is -0.0816 e. The average molecular weight is 411 g/mol. The summed E-state index contributed by atoms with van der Waals surface area (Å²) < 4.78 is 0. The van der Waals surface area contributed by atoms with Gasteiger partial charge in [-0.3, -0.25) is 0 Å². The van der Waals surface area contributed by atoms with Crippen LogP contribution in [0.4, 0.5) is 0 Å². The van der Waals surface area contributed by atoms with Crippen molar-refractivity contribution in [1.82, 2.24) is 0 Å². The summed E-state index contributed by atoms with van der Waals surface area (Å²) in [6.45, 7) is 0. The van der Waals surface area contributed by atoms with Crippen molar-refractivity contribution in [2.75, 3.05) is 0 Å². The van der Waals surface area contributed by atoms with Crippen LogP contribution in [0, 0.1) is 124 Å². The minimum atomic E-state index is 1.05. The lowest BCUT2D eigenvalue weighted by Crippen LogP contribution is -2.57. The molecule has 12 aliphatic carbocycles. The first-order valence-electron chi connectivity index (χ1n) is 15.1. The summed E-state index contributed by atoms with van der Waals surface area (Å²) in [5.41, 5.74) is 2.08. The summed E-state index contributed by atoms with van der Waals surface area (Å²) in [4.78, 5) is 0. The number of hydrogen-bond acceptors (Lipinski definition) is 0. The number of rotatable bonds is 0. The van der Waals surface area contributed by atoms with E-state index < -0.39 is 0 Å². The number of allylic oxidation sites excluding steroid dienone is 2. The number of hydrogen-bond donors (Lipinski definition) is 0. The smallest absolute Gasteiger partial charge is 0.0132 e. The lowest BCUT2D eigenvalue weighted by Gasteiger charge is -2.61. The molecule has 0 nitrogen and oxygen atoms in total. The highest BCUT2D eigenvalue weighted by molar-refractivity contribution is 5.37. The molecule has 11 saturated carbocycles. The topological polar surface area (TPSA) is 0 Å². The second-order valence-electron chi connectivity index (χ2n) is 16.0. The van der Waals surface area contributed by atoms with Crippen LogP contribution in [0.3, 0.4) is 0 Å². The van der Waals surface area contributed by atoms with Gasteiger partial charge in [-0.25, -0.2) is 0 Å². The third-order valence-electron chi connectivity index (χ3n) is 16.5. The fourth-order valence-corrected chi connectivity index (χ4v) is 17.5. The predicted octanol–water partition coefficient (Wildman–Crippen LogP) is 6.14. The van der Waals surface area contributed by atoms with Crippen LogP contribution < -0.4 is 0 Å². The van der Waals surface area contributed by atoms with Gasteiger partial charge >= 0.3 is 0 Å². The zero-order chi connectivity index (χ0) is 19.1. The first-order chi connectivity index (χ1) is 15.4. The summed E-state index contributed by atoms with van der Waals surface area (Å²) in [5.74, 6) is 25.2. The summed E-state index contributed by atoms with van der Waals surface area (Å²) in [5, 5.41) is 0. The van der Waals surface area contributed by atoms with E-state index in [1.807, 2.05) is 0 Å². The average Bonchev–Trinajstić information content (AvgIpc) is 3.53. The van der Waals surface area contributed by atoms with Crippen LogP contribution in [0.15, 0.2) is 11.6 Å². The first-order valence-corrected chi connectivity index (χ1v) is 15.1. The third kappa shape index (κ3) is 1.30. The maximum absolute atomic E-state index is 2.99. The van der Waals surface area contributed by atoms with E-state index in [2.05, 4.69) is 11.6 Å². The molecule has 162 valence electrons. The molecule has 20 unspecified atom stereocenters. The van der Waals surface area contributed by atoms with Gasteiger partial charge in [0.25, 0.3) is 0 Å². The van der Waals surface area contributed by atoms with Gasteiger partial charge in [0, 0.05) is 0 Å². The normalized spacial score (nSPS) is 81.0. The van der Waals surface area contributed by atoms with Crippen molar-refractivity contribution >= 4 is 0 Å². The molecule has 0 aromatic carbocycles. The van der Waals surface area contributed by atoms with Gasteiger partial charge in [0.1, 0.15) is 0 Å². The second kappa shape index (κ2) is 4.40. The summed E-state index contributed by atoms with van der Waals surface area (Å²) in [6, 6.07) is 0. The van der Waals surface area contributed by atoms with E-state index in [0.29, 0.717) is 0 Å². The van der Waals surface area contributed by atoms with E-state index in [-0.39, 0.29) is 0 Å². The van der Waals surface area contributed by atoms with Gasteiger partial charge in [-0.15, -0.1) is 0 Å². The Hall–Kier alpha value is -0.260. The van der Waals surface area contributed by atoms with Gasteiger partial charge < -0.3 is 0 Å². The molecule has 12 rings (SSSR count). The van der Waals surface area contributed by atoms with Crippen molar-refractivity contribution < 1.29 is 0 Å². The molecule has 0 heterocycles. The van der Waals surface area contributed by atoms with Gasteiger partial charge in [-0.05, 0) is 176 Å². The van der Waals surface area contributed by atoms with Crippen LogP contribution >= 0.6 is 0 Å². The van der Waals surface area contributed by atoms with Crippen LogP contribution in [0.1, 0.15) is 51.4 Å². The van der Waals surface area contributed by atoms with E-state index >= 15 is 0 Å². The van der Waals surface area contributed by atoms with Crippen molar-refractivity contribution in [2.24, 2.45) is 124 Å². The molecule has 0 aromatic rings. The Labute approximate surface area is 187 Å². The van der Waals surface area contributed by atoms with Gasteiger partial charge in [0.2, 0.25) is 0 Å². The molecule has 31 heavy (non-hydrogen) atoms. The second-order valence-corrected chi connectivity index (χ2v) is 16.0. The van der Waals surface area contributed by atoms with Crippen LogP contribution in [-0.2, 0) is 0 Å². The highest BCUT2D eigenvalue weighted by Crippen LogP contribution is 2.87. The molecular weight excluding hydrogens is 372 g/mol. The first kappa shape index (κ1) is 15.6. The van der Waals surface area contributed by atoms with Crippen molar-refractivity contribution in [3.8, 4) is 0 Å². The van der Waals surface area contributed by atoms with Crippen LogP contribution in [0.2, 0.25) is 0 Å². The minimum absolute atomic E-state index is 1.05. The molecule has 0 bridgehead atoms. The molecule has 12 aliphatic rings. The van der Waals surface area contributed by atoms with Gasteiger partial charge in [0.05, 0.1) is 0 Å². The van der Waals surface area contributed by atoms with Crippen LogP contribution in [0.5, 0.6) is 0 Å². The van der Waals surface area contributed by atoms with E-state index in [9.17, 15) is 0 Å². The molecule has 0 radical (unpaired) electrons. The highest BCUT2D eigenvalue weighted by Gasteiger charge is 2.82. The fourth-order valence-electron chi connectivity index (χ4n) is 17.5. The zero-order valence-corrected chi connectivity index (χ0v) is 18.9. The molecule has 0 saturated heterocycles. The monoisotopic (exact) mass is 410 g/mol. The lowest BCUT2D eigenvalue weighted by molar-refractivity contribution is -0.135. The van der Waals surface area contributed by atoms with Crippen molar-refractivity contribution in [2.45, 2.75) is 51.4 Å². The van der Waals surface area contributed by atoms with Gasteiger partial charge in [-0.2, -0.15) is 0 Å². The van der Waals surface area contributed by atoms with E-state index in [0.717, 1.165) is 17.8 Å². The molecule has 0 aliphatic heterocycles. The Kier molecular flexibility index (Phi) is 2.21. The Bertz CT molecular complexity index is 984. The molecule has 11 fully saturated rings. The Morgan fingerprint density at radius 2 is 0.903 bits per heavy atom. The summed E-state index contributed by atoms with van der Waals surface area (Å²) >= 11 is 0. The predicted molar refractivity (Wildman–Crippen MR) is 118 cm³/mol. The van der Waals surface area contributed by atoms with Crippen LogP contribution in [0.25, 0.3) is 0 Å². The zero-order valence-electron chi connectivity index (χ0n) is 18.9. The van der Waals surface area contributed by atoms with Crippen LogP contribution in [-0.4, -0.2) is 0 Å². The van der Waals surface area contributed by atoms with E-state index in [1.54, 1.807) is 51.4 Å². The highest BCUT2D eigenvalue weighted by atomic mass is 14.9. The maximum Gasteiger partial charge on any atom is -0.0132 e. The maximum atomic E-state index is 2.99. The van der Waals surface area contributed by atoms with Gasteiger partial charge in [-0.1, -0.05) is 11.6 Å². The molecule has 0 aromatic heterocycles.